The van der Waals surface area contributed by atoms with Gasteiger partial charge in [0, 0.05) is 24.1 Å². The van der Waals surface area contributed by atoms with Crippen LogP contribution in [0.3, 0.4) is 0 Å². The lowest BCUT2D eigenvalue weighted by molar-refractivity contribution is -0.276. The highest BCUT2D eigenvalue weighted by atomic mass is 32.2. The fourth-order valence-electron chi connectivity index (χ4n) is 3.90. The lowest BCUT2D eigenvalue weighted by Gasteiger charge is -2.30. The van der Waals surface area contributed by atoms with E-state index in [4.69, 9.17) is 5.73 Å². The van der Waals surface area contributed by atoms with Gasteiger partial charge in [0.2, 0.25) is 0 Å². The van der Waals surface area contributed by atoms with Gasteiger partial charge < -0.3 is 20.1 Å². The van der Waals surface area contributed by atoms with E-state index in [0.29, 0.717) is 0 Å². The molecule has 0 bridgehead atoms. The number of alkyl halides is 9. The highest BCUT2D eigenvalue weighted by Gasteiger charge is 2.63. The van der Waals surface area contributed by atoms with Gasteiger partial charge >= 0.3 is 24.5 Å². The van der Waals surface area contributed by atoms with Crippen molar-refractivity contribution >= 4 is 29.0 Å². The summed E-state index contributed by atoms with van der Waals surface area (Å²) in [5.41, 5.74) is -4.55. The van der Waals surface area contributed by atoms with Gasteiger partial charge in [-0.25, -0.2) is 4.79 Å². The van der Waals surface area contributed by atoms with E-state index >= 15 is 0 Å². The van der Waals surface area contributed by atoms with Crippen molar-refractivity contribution in [3.8, 4) is 0 Å². The van der Waals surface area contributed by atoms with Crippen LogP contribution in [0.4, 0.5) is 39.5 Å². The molecule has 0 aliphatic carbocycles. The van der Waals surface area contributed by atoms with E-state index in [1.54, 1.807) is 11.8 Å². The molecule has 0 saturated carbocycles. The smallest absolute Gasteiger partial charge is 0.435 e. The van der Waals surface area contributed by atoms with Crippen molar-refractivity contribution in [2.24, 2.45) is 10.9 Å². The minimum atomic E-state index is -5.48. The zero-order chi connectivity index (χ0) is 30.1. The minimum Gasteiger partial charge on any atom is -0.478 e. The Balaban J connectivity index is 0.000000810. The number of hydrogen-bond donors (Lipinski definition) is 2. The topological polar surface area (TPSA) is 89.3 Å². The van der Waals surface area contributed by atoms with Gasteiger partial charge in [0.05, 0.1) is 34.3 Å². The van der Waals surface area contributed by atoms with Crippen molar-refractivity contribution in [2.75, 3.05) is 18.6 Å². The summed E-state index contributed by atoms with van der Waals surface area (Å²) in [6.07, 6.45) is -14.2. The fourth-order valence-corrected chi connectivity index (χ4v) is 4.14. The number of aromatic carboxylic acids is 1. The molecule has 1 unspecified atom stereocenters. The van der Waals surface area contributed by atoms with E-state index in [2.05, 4.69) is 9.99 Å². The second-order valence-corrected chi connectivity index (χ2v) is 9.39. The number of pyridine rings is 1. The van der Waals surface area contributed by atoms with E-state index in [1.807, 2.05) is 6.26 Å². The Bertz CT molecular complexity index is 1380. The summed E-state index contributed by atoms with van der Waals surface area (Å²) >= 11 is 1.78. The third-order valence-electron chi connectivity index (χ3n) is 5.78. The number of nitrogens with two attached hydrogens (primary N) is 1. The lowest BCUT2D eigenvalue weighted by Crippen LogP contribution is -2.43. The molecule has 0 amide bonds. The molecule has 218 valence electrons. The molecule has 1 atom stereocenters. The molecule has 0 saturated heterocycles. The number of carbonyl (C=O) groups is 1. The SMILES string of the molecule is CSCCN.O=C(O)c1ccc(C2=NOC(c3cc(C(F)(F)F)cc(C(F)(F)F)c3)(C(F)(F)F)C2)n2cccc12. The molecular formula is C24H20F9N3O3S. The Morgan fingerprint density at radius 1 is 1.05 bits per heavy atom. The van der Waals surface area contributed by atoms with Crippen molar-refractivity contribution < 1.29 is 54.3 Å². The van der Waals surface area contributed by atoms with Gasteiger partial charge in [0.1, 0.15) is 5.71 Å². The predicted octanol–water partition coefficient (Wildman–Crippen LogP) is 6.57. The number of halogens is 9. The molecule has 4 rings (SSSR count). The third-order valence-corrected chi connectivity index (χ3v) is 6.42. The lowest BCUT2D eigenvalue weighted by atomic mass is 9.85. The molecule has 1 aromatic carbocycles. The predicted molar refractivity (Wildman–Crippen MR) is 128 cm³/mol. The van der Waals surface area contributed by atoms with Gasteiger partial charge in [-0.3, -0.25) is 0 Å². The summed E-state index contributed by atoms with van der Waals surface area (Å²) < 4.78 is 123. The van der Waals surface area contributed by atoms with Gasteiger partial charge in [-0.15, -0.1) is 0 Å². The van der Waals surface area contributed by atoms with Gasteiger partial charge in [-0.05, 0) is 48.7 Å². The quantitative estimate of drug-likeness (QED) is 0.323. The Kier molecular flexibility index (Phi) is 8.74. The Labute approximate surface area is 224 Å². The first-order valence-electron chi connectivity index (χ1n) is 11.1. The first kappa shape index (κ1) is 31.1. The van der Waals surface area contributed by atoms with Crippen LogP contribution in [-0.2, 0) is 22.8 Å². The van der Waals surface area contributed by atoms with Crippen molar-refractivity contribution in [3.63, 3.8) is 0 Å². The van der Waals surface area contributed by atoms with Crippen molar-refractivity contribution in [1.82, 2.24) is 4.40 Å². The molecule has 3 aromatic rings. The molecule has 0 radical (unpaired) electrons. The molecule has 1 aliphatic heterocycles. The van der Waals surface area contributed by atoms with Crippen LogP contribution in [0.2, 0.25) is 0 Å². The number of nitrogens with zero attached hydrogens (tertiary/aromatic N) is 2. The summed E-state index contributed by atoms with van der Waals surface area (Å²) in [6.45, 7) is 0.807. The van der Waals surface area contributed by atoms with E-state index in [1.165, 1.54) is 22.7 Å². The van der Waals surface area contributed by atoms with Crippen LogP contribution in [0, 0.1) is 0 Å². The van der Waals surface area contributed by atoms with E-state index < -0.39 is 58.9 Å². The van der Waals surface area contributed by atoms with Crippen LogP contribution in [0.1, 0.15) is 39.2 Å². The molecular weight excluding hydrogens is 581 g/mol. The molecule has 2 aromatic heterocycles. The fraction of sp³-hybridized carbons (Fsp3) is 0.333. The maximum absolute atomic E-state index is 14.2. The van der Waals surface area contributed by atoms with Crippen molar-refractivity contribution in [2.45, 2.75) is 30.6 Å². The van der Waals surface area contributed by atoms with Gasteiger partial charge in [-0.1, -0.05) is 5.16 Å². The van der Waals surface area contributed by atoms with Crippen LogP contribution in [0.5, 0.6) is 0 Å². The summed E-state index contributed by atoms with van der Waals surface area (Å²) in [4.78, 5) is 16.0. The van der Waals surface area contributed by atoms with Crippen molar-refractivity contribution in [1.29, 1.82) is 0 Å². The summed E-state index contributed by atoms with van der Waals surface area (Å²) in [6, 6.07) is 4.52. The first-order valence-corrected chi connectivity index (χ1v) is 12.5. The third kappa shape index (κ3) is 6.16. The molecule has 0 fully saturated rings. The zero-order valence-electron chi connectivity index (χ0n) is 20.3. The van der Waals surface area contributed by atoms with Crippen LogP contribution in [0.15, 0.2) is 53.8 Å². The van der Waals surface area contributed by atoms with Crippen molar-refractivity contribution in [3.05, 3.63) is 76.6 Å². The number of oxime groups is 1. The second kappa shape index (κ2) is 11.2. The van der Waals surface area contributed by atoms with Crippen LogP contribution in [0.25, 0.3) is 5.52 Å². The first-order chi connectivity index (χ1) is 18.5. The molecule has 6 nitrogen and oxygen atoms in total. The molecule has 3 N–H and O–H groups in total. The Morgan fingerprint density at radius 2 is 1.65 bits per heavy atom. The Morgan fingerprint density at radius 3 is 2.10 bits per heavy atom. The van der Waals surface area contributed by atoms with Crippen LogP contribution < -0.4 is 5.73 Å². The Hall–Kier alpha value is -3.40. The maximum Gasteiger partial charge on any atom is 0.435 e. The number of carboxylic acid groups (broad SMARTS) is 1. The van der Waals surface area contributed by atoms with Gasteiger partial charge in [-0.2, -0.15) is 51.3 Å². The summed E-state index contributed by atoms with van der Waals surface area (Å²) in [5.74, 6) is -0.252. The molecule has 1 aliphatic rings. The van der Waals surface area contributed by atoms with Crippen LogP contribution in [-0.4, -0.2) is 45.9 Å². The maximum atomic E-state index is 14.2. The average molecular weight is 601 g/mol. The molecule has 40 heavy (non-hydrogen) atoms. The molecule has 0 spiro atoms. The zero-order valence-corrected chi connectivity index (χ0v) is 21.1. The number of benzene rings is 1. The number of rotatable bonds is 5. The largest absolute Gasteiger partial charge is 0.478 e. The molecule has 3 heterocycles. The minimum absolute atomic E-state index is 0.0556. The van der Waals surface area contributed by atoms with E-state index in [-0.39, 0.29) is 35.0 Å². The number of fused-ring (bicyclic) bond motifs is 1. The number of carboxylic acids is 1. The number of thioether (sulfide) groups is 1. The monoisotopic (exact) mass is 601 g/mol. The summed E-state index contributed by atoms with van der Waals surface area (Å²) in [5, 5.41) is 12.6. The summed E-state index contributed by atoms with van der Waals surface area (Å²) in [7, 11) is 0. The molecule has 16 heteroatoms. The van der Waals surface area contributed by atoms with Gasteiger partial charge in [0.15, 0.2) is 0 Å². The van der Waals surface area contributed by atoms with E-state index in [9.17, 15) is 49.4 Å². The normalized spacial score (nSPS) is 17.7. The van der Waals surface area contributed by atoms with Gasteiger partial charge in [0.25, 0.3) is 5.60 Å². The van der Waals surface area contributed by atoms with Crippen LogP contribution >= 0.6 is 11.8 Å². The average Bonchev–Trinajstić information content (AvgIpc) is 3.51. The number of aromatic nitrogens is 1. The van der Waals surface area contributed by atoms with E-state index in [0.717, 1.165) is 24.4 Å². The number of hydrogen-bond acceptors (Lipinski definition) is 5. The highest BCUT2D eigenvalue weighted by Crippen LogP contribution is 2.51. The highest BCUT2D eigenvalue weighted by molar-refractivity contribution is 7.98. The standard InChI is InChI=1S/C21H11F9N2O3.C3H9NS/c22-19(23,24)11-6-10(7-12(8-11)20(25,26)27)18(21(28,29)30)9-14(31-35-18)16-4-3-13(17(33)34)15-2-1-5-32(15)16;1-5-3-2-4/h1-8H,9H2,(H,33,34);2-4H2,1H3. The second-order valence-electron chi connectivity index (χ2n) is 8.41.